The summed E-state index contributed by atoms with van der Waals surface area (Å²) in [7, 11) is 0. The molecular formula is C21H18FN3O3. The van der Waals surface area contributed by atoms with Crippen molar-refractivity contribution in [3.05, 3.63) is 72.3 Å². The molecule has 6 nitrogen and oxygen atoms in total. The molecular weight excluding hydrogens is 361 g/mol. The van der Waals surface area contributed by atoms with Crippen LogP contribution in [-0.2, 0) is 20.9 Å². The number of pyridine rings is 1. The van der Waals surface area contributed by atoms with Gasteiger partial charge in [-0.05, 0) is 23.8 Å². The van der Waals surface area contributed by atoms with Crippen LogP contribution >= 0.6 is 0 Å². The van der Waals surface area contributed by atoms with Gasteiger partial charge >= 0.3 is 0 Å². The number of hydrogen-bond acceptors (Lipinski definition) is 4. The molecule has 2 aromatic rings. The summed E-state index contributed by atoms with van der Waals surface area (Å²) in [6.45, 7) is 0.529. The molecule has 2 fully saturated rings. The van der Waals surface area contributed by atoms with Crippen LogP contribution in [0.5, 0.6) is 0 Å². The first-order valence-electron chi connectivity index (χ1n) is 9.19. The Hall–Kier alpha value is -3.06. The average molecular weight is 379 g/mol. The van der Waals surface area contributed by atoms with Crippen molar-refractivity contribution in [3.63, 3.8) is 0 Å². The summed E-state index contributed by atoms with van der Waals surface area (Å²) < 4.78 is 20.3. The molecule has 1 spiro atoms. The smallest absolute Gasteiger partial charge is 0.234 e. The molecule has 5 rings (SSSR count). The minimum Gasteiger partial charge on any atom is -0.360 e. The van der Waals surface area contributed by atoms with Crippen LogP contribution in [0.1, 0.15) is 5.56 Å². The van der Waals surface area contributed by atoms with Gasteiger partial charge in [0.25, 0.3) is 0 Å². The van der Waals surface area contributed by atoms with Crippen LogP contribution in [-0.4, -0.2) is 35.0 Å². The maximum atomic E-state index is 14.3. The van der Waals surface area contributed by atoms with E-state index in [2.05, 4.69) is 10.3 Å². The van der Waals surface area contributed by atoms with E-state index in [1.165, 1.54) is 11.0 Å². The number of para-hydroxylation sites is 1. The summed E-state index contributed by atoms with van der Waals surface area (Å²) in [6, 6.07) is 9.82. The van der Waals surface area contributed by atoms with E-state index in [0.717, 1.165) is 5.56 Å². The summed E-state index contributed by atoms with van der Waals surface area (Å²) in [5.74, 6) is -2.28. The molecule has 2 bridgehead atoms. The second-order valence-electron chi connectivity index (χ2n) is 7.35. The lowest BCUT2D eigenvalue weighted by Gasteiger charge is -2.23. The largest absolute Gasteiger partial charge is 0.360 e. The predicted molar refractivity (Wildman–Crippen MR) is 98.6 cm³/mol. The standard InChI is InChI=1S/C21H18FN3O3/c22-14-5-1-2-6-15(14)25-12-21-8-7-16(28-21)17(18(21)20(25)27)19(26)24-11-13-4-3-9-23-10-13/h1-10,16-18H,11-12H2,(H,24,26)/t16-,17-,18-,21-/m0/s1. The summed E-state index contributed by atoms with van der Waals surface area (Å²) in [5, 5.41) is 2.88. The number of halogens is 1. The van der Waals surface area contributed by atoms with Crippen molar-refractivity contribution in [1.29, 1.82) is 0 Å². The number of fused-ring (bicyclic) bond motifs is 1. The molecule has 2 amide bonds. The van der Waals surface area contributed by atoms with Crippen molar-refractivity contribution in [2.45, 2.75) is 18.2 Å². The van der Waals surface area contributed by atoms with Crippen LogP contribution in [0.25, 0.3) is 0 Å². The summed E-state index contributed by atoms with van der Waals surface area (Å²) in [5.41, 5.74) is 0.211. The van der Waals surface area contributed by atoms with Gasteiger partial charge in [0, 0.05) is 18.9 Å². The van der Waals surface area contributed by atoms with Gasteiger partial charge in [-0.1, -0.05) is 30.4 Å². The number of carbonyl (C=O) groups is 2. The quantitative estimate of drug-likeness (QED) is 0.823. The molecule has 7 heteroatoms. The molecule has 3 aliphatic rings. The van der Waals surface area contributed by atoms with Gasteiger partial charge in [-0.2, -0.15) is 0 Å². The van der Waals surface area contributed by atoms with E-state index in [-0.39, 0.29) is 24.0 Å². The lowest BCUT2D eigenvalue weighted by atomic mass is 9.77. The van der Waals surface area contributed by atoms with Crippen molar-refractivity contribution in [1.82, 2.24) is 10.3 Å². The van der Waals surface area contributed by atoms with E-state index in [1.54, 1.807) is 36.7 Å². The second kappa shape index (κ2) is 6.24. The highest BCUT2D eigenvalue weighted by Crippen LogP contribution is 2.52. The molecule has 1 aromatic heterocycles. The third-order valence-electron chi connectivity index (χ3n) is 5.74. The van der Waals surface area contributed by atoms with Crippen LogP contribution in [0, 0.1) is 17.7 Å². The zero-order valence-electron chi connectivity index (χ0n) is 14.9. The van der Waals surface area contributed by atoms with Crippen LogP contribution in [0.2, 0.25) is 0 Å². The van der Waals surface area contributed by atoms with Crippen LogP contribution in [0.3, 0.4) is 0 Å². The number of anilines is 1. The summed E-state index contributed by atoms with van der Waals surface area (Å²) in [4.78, 5) is 31.5. The maximum absolute atomic E-state index is 14.3. The van der Waals surface area contributed by atoms with E-state index < -0.39 is 29.4 Å². The number of amides is 2. The fourth-order valence-electron chi connectivity index (χ4n) is 4.48. The highest BCUT2D eigenvalue weighted by Gasteiger charge is 2.67. The molecule has 4 atom stereocenters. The SMILES string of the molecule is O=C(NCc1cccnc1)[C@H]1[C@@H]2C=C[C@@]3(CN(c4ccccc4F)C(=O)[C@H]13)O2. The number of ether oxygens (including phenoxy) is 1. The number of hydrogen-bond donors (Lipinski definition) is 1. The Kier molecular flexibility index (Phi) is 3.80. The molecule has 1 aromatic carbocycles. The highest BCUT2D eigenvalue weighted by molar-refractivity contribution is 6.03. The van der Waals surface area contributed by atoms with E-state index >= 15 is 0 Å². The highest BCUT2D eigenvalue weighted by atomic mass is 19.1. The normalized spacial score (nSPS) is 30.0. The van der Waals surface area contributed by atoms with Gasteiger partial charge in [0.1, 0.15) is 11.4 Å². The molecule has 28 heavy (non-hydrogen) atoms. The molecule has 142 valence electrons. The molecule has 4 heterocycles. The Morgan fingerprint density at radius 2 is 2.18 bits per heavy atom. The lowest BCUT2D eigenvalue weighted by molar-refractivity contribution is -0.132. The van der Waals surface area contributed by atoms with Crippen molar-refractivity contribution in [3.8, 4) is 0 Å². The van der Waals surface area contributed by atoms with Gasteiger partial charge in [0.2, 0.25) is 11.8 Å². The number of benzene rings is 1. The van der Waals surface area contributed by atoms with Crippen LogP contribution < -0.4 is 10.2 Å². The number of nitrogens with one attached hydrogen (secondary N) is 1. The minimum absolute atomic E-state index is 0.205. The molecule has 0 unspecified atom stereocenters. The van der Waals surface area contributed by atoms with E-state index in [9.17, 15) is 14.0 Å². The Morgan fingerprint density at radius 3 is 2.96 bits per heavy atom. The van der Waals surface area contributed by atoms with Crippen LogP contribution in [0.15, 0.2) is 60.9 Å². The van der Waals surface area contributed by atoms with Crippen molar-refractivity contribution >= 4 is 17.5 Å². The monoisotopic (exact) mass is 379 g/mol. The van der Waals surface area contributed by atoms with E-state index in [4.69, 9.17) is 4.74 Å². The summed E-state index contributed by atoms with van der Waals surface area (Å²) >= 11 is 0. The number of nitrogens with zero attached hydrogens (tertiary/aromatic N) is 2. The van der Waals surface area contributed by atoms with Gasteiger partial charge in [0.05, 0.1) is 30.2 Å². The van der Waals surface area contributed by atoms with E-state index in [0.29, 0.717) is 6.54 Å². The van der Waals surface area contributed by atoms with Crippen molar-refractivity contribution in [2.24, 2.45) is 11.8 Å². The zero-order chi connectivity index (χ0) is 19.3. The molecule has 0 aliphatic carbocycles. The Morgan fingerprint density at radius 1 is 1.32 bits per heavy atom. The van der Waals surface area contributed by atoms with Crippen molar-refractivity contribution < 1.29 is 18.7 Å². The first-order valence-corrected chi connectivity index (χ1v) is 9.19. The molecule has 1 N–H and O–H groups in total. The van der Waals surface area contributed by atoms with Gasteiger partial charge in [0.15, 0.2) is 0 Å². The first-order chi connectivity index (χ1) is 13.6. The third kappa shape index (κ3) is 2.46. The number of aromatic nitrogens is 1. The topological polar surface area (TPSA) is 71.5 Å². The molecule has 2 saturated heterocycles. The Labute approximate surface area is 161 Å². The fourth-order valence-corrected chi connectivity index (χ4v) is 4.48. The Bertz CT molecular complexity index is 980. The maximum Gasteiger partial charge on any atom is 0.234 e. The van der Waals surface area contributed by atoms with Crippen LogP contribution in [0.4, 0.5) is 10.1 Å². The average Bonchev–Trinajstić information content (AvgIpc) is 3.36. The second-order valence-corrected chi connectivity index (χ2v) is 7.35. The van der Waals surface area contributed by atoms with Gasteiger partial charge in [-0.15, -0.1) is 0 Å². The molecule has 3 aliphatic heterocycles. The van der Waals surface area contributed by atoms with Gasteiger partial charge in [-0.3, -0.25) is 14.6 Å². The van der Waals surface area contributed by atoms with Gasteiger partial charge in [-0.25, -0.2) is 4.39 Å². The zero-order valence-corrected chi connectivity index (χ0v) is 14.9. The molecule has 0 saturated carbocycles. The third-order valence-corrected chi connectivity index (χ3v) is 5.74. The van der Waals surface area contributed by atoms with Crippen molar-refractivity contribution in [2.75, 3.05) is 11.4 Å². The Balaban J connectivity index is 1.40. The minimum atomic E-state index is -0.875. The predicted octanol–water partition coefficient (Wildman–Crippen LogP) is 1.82. The first kappa shape index (κ1) is 17.1. The van der Waals surface area contributed by atoms with Gasteiger partial charge < -0.3 is 15.0 Å². The number of rotatable bonds is 4. The lowest BCUT2D eigenvalue weighted by Crippen LogP contribution is -2.44. The summed E-state index contributed by atoms with van der Waals surface area (Å²) in [6.07, 6.45) is 6.60. The molecule has 0 radical (unpaired) electrons. The van der Waals surface area contributed by atoms with E-state index in [1.807, 2.05) is 18.2 Å². The number of carbonyl (C=O) groups excluding carboxylic acids is 2. The fraction of sp³-hybridized carbons (Fsp3) is 0.286.